The third-order valence-electron chi connectivity index (χ3n) is 3.79. The first-order valence-electron chi connectivity index (χ1n) is 7.24. The number of amides is 1. The number of carbonyl (C=O) groups excluding carboxylic acids is 1. The lowest BCUT2D eigenvalue weighted by atomic mass is 9.93. The van der Waals surface area contributed by atoms with Crippen molar-refractivity contribution in [3.63, 3.8) is 0 Å². The summed E-state index contributed by atoms with van der Waals surface area (Å²) in [5.41, 5.74) is 1.19. The molecular formula is C16H25ClN2O. The normalized spacial score (nSPS) is 20.1. The van der Waals surface area contributed by atoms with Crippen molar-refractivity contribution in [2.75, 3.05) is 13.1 Å². The Balaban J connectivity index is 0.00000200. The van der Waals surface area contributed by atoms with Crippen molar-refractivity contribution >= 4 is 18.3 Å². The van der Waals surface area contributed by atoms with E-state index in [1.807, 2.05) is 18.2 Å². The number of benzene rings is 1. The van der Waals surface area contributed by atoms with Gasteiger partial charge < -0.3 is 10.6 Å². The first-order chi connectivity index (χ1) is 9.18. The molecule has 20 heavy (non-hydrogen) atoms. The molecule has 1 saturated heterocycles. The Morgan fingerprint density at radius 1 is 1.30 bits per heavy atom. The highest BCUT2D eigenvalue weighted by Crippen LogP contribution is 2.22. The molecule has 1 aromatic carbocycles. The van der Waals surface area contributed by atoms with Gasteiger partial charge in [0, 0.05) is 6.54 Å². The number of hydrogen-bond acceptors (Lipinski definition) is 2. The SMILES string of the molecule is CC(C)C(NC(=O)C1CCCNC1)c1ccccc1.Cl. The van der Waals surface area contributed by atoms with Crippen LogP contribution in [0.25, 0.3) is 0 Å². The van der Waals surface area contributed by atoms with Gasteiger partial charge in [0.15, 0.2) is 0 Å². The first-order valence-corrected chi connectivity index (χ1v) is 7.24. The lowest BCUT2D eigenvalue weighted by Gasteiger charge is -2.27. The molecule has 1 heterocycles. The van der Waals surface area contributed by atoms with Crippen molar-refractivity contribution in [3.05, 3.63) is 35.9 Å². The predicted octanol–water partition coefficient (Wildman–Crippen LogP) is 2.92. The number of hydrogen-bond donors (Lipinski definition) is 2. The lowest BCUT2D eigenvalue weighted by Crippen LogP contribution is -2.42. The Morgan fingerprint density at radius 2 is 2.00 bits per heavy atom. The van der Waals surface area contributed by atoms with Crippen molar-refractivity contribution in [3.8, 4) is 0 Å². The lowest BCUT2D eigenvalue weighted by molar-refractivity contribution is -0.126. The smallest absolute Gasteiger partial charge is 0.224 e. The highest BCUT2D eigenvalue weighted by atomic mass is 35.5. The maximum absolute atomic E-state index is 12.3. The van der Waals surface area contributed by atoms with Crippen LogP contribution in [0.5, 0.6) is 0 Å². The largest absolute Gasteiger partial charge is 0.349 e. The molecule has 0 radical (unpaired) electrons. The molecule has 2 N–H and O–H groups in total. The monoisotopic (exact) mass is 296 g/mol. The van der Waals surface area contributed by atoms with Gasteiger partial charge in [-0.05, 0) is 30.9 Å². The summed E-state index contributed by atoms with van der Waals surface area (Å²) >= 11 is 0. The van der Waals surface area contributed by atoms with Crippen molar-refractivity contribution in [2.24, 2.45) is 11.8 Å². The second-order valence-corrected chi connectivity index (χ2v) is 5.68. The number of carbonyl (C=O) groups is 1. The number of rotatable bonds is 4. The summed E-state index contributed by atoms with van der Waals surface area (Å²) in [6, 6.07) is 10.3. The topological polar surface area (TPSA) is 41.1 Å². The van der Waals surface area contributed by atoms with Crippen LogP contribution in [0, 0.1) is 11.8 Å². The van der Waals surface area contributed by atoms with Gasteiger partial charge in [-0.15, -0.1) is 12.4 Å². The van der Waals surface area contributed by atoms with E-state index in [4.69, 9.17) is 0 Å². The quantitative estimate of drug-likeness (QED) is 0.897. The molecule has 2 rings (SSSR count). The zero-order valence-electron chi connectivity index (χ0n) is 12.3. The summed E-state index contributed by atoms with van der Waals surface area (Å²) in [5, 5.41) is 6.52. The van der Waals surface area contributed by atoms with Gasteiger partial charge in [0.2, 0.25) is 5.91 Å². The van der Waals surface area contributed by atoms with Gasteiger partial charge in [0.1, 0.15) is 0 Å². The average molecular weight is 297 g/mol. The fourth-order valence-electron chi connectivity index (χ4n) is 2.64. The number of piperidine rings is 1. The summed E-state index contributed by atoms with van der Waals surface area (Å²) in [7, 11) is 0. The van der Waals surface area contributed by atoms with Crippen LogP contribution in [0.3, 0.4) is 0 Å². The molecule has 0 aromatic heterocycles. The molecule has 0 aliphatic carbocycles. The molecule has 2 atom stereocenters. The minimum Gasteiger partial charge on any atom is -0.349 e. The standard InChI is InChI=1S/C16H24N2O.ClH/c1-12(2)15(13-7-4-3-5-8-13)18-16(19)14-9-6-10-17-11-14;/h3-5,7-8,12,14-15,17H,6,9-11H2,1-2H3,(H,18,19);1H. The van der Waals surface area contributed by atoms with Crippen LogP contribution >= 0.6 is 12.4 Å². The Kier molecular flexibility index (Phi) is 7.03. The van der Waals surface area contributed by atoms with Crippen molar-refractivity contribution < 1.29 is 4.79 Å². The van der Waals surface area contributed by atoms with E-state index in [0.717, 1.165) is 25.9 Å². The van der Waals surface area contributed by atoms with Gasteiger partial charge >= 0.3 is 0 Å². The second-order valence-electron chi connectivity index (χ2n) is 5.68. The highest BCUT2D eigenvalue weighted by Gasteiger charge is 2.25. The minimum atomic E-state index is 0. The van der Waals surface area contributed by atoms with Crippen molar-refractivity contribution in [1.29, 1.82) is 0 Å². The van der Waals surface area contributed by atoms with Crippen LogP contribution in [0.2, 0.25) is 0 Å². The molecule has 0 spiro atoms. The molecule has 0 saturated carbocycles. The van der Waals surface area contributed by atoms with Crippen LogP contribution in [0.1, 0.15) is 38.3 Å². The van der Waals surface area contributed by atoms with E-state index in [1.165, 1.54) is 5.56 Å². The average Bonchev–Trinajstić information content (AvgIpc) is 2.46. The van der Waals surface area contributed by atoms with Gasteiger partial charge in [-0.25, -0.2) is 0 Å². The van der Waals surface area contributed by atoms with E-state index in [1.54, 1.807) is 0 Å². The summed E-state index contributed by atoms with van der Waals surface area (Å²) < 4.78 is 0. The molecular weight excluding hydrogens is 272 g/mol. The van der Waals surface area contributed by atoms with Crippen LogP contribution in [0.4, 0.5) is 0 Å². The van der Waals surface area contributed by atoms with Crippen molar-refractivity contribution in [2.45, 2.75) is 32.7 Å². The third kappa shape index (κ3) is 4.50. The van der Waals surface area contributed by atoms with Crippen LogP contribution in [0.15, 0.2) is 30.3 Å². The fourth-order valence-corrected chi connectivity index (χ4v) is 2.64. The Morgan fingerprint density at radius 3 is 2.55 bits per heavy atom. The maximum atomic E-state index is 12.3. The molecule has 1 fully saturated rings. The van der Waals surface area contributed by atoms with E-state index >= 15 is 0 Å². The van der Waals surface area contributed by atoms with E-state index in [2.05, 4.69) is 36.6 Å². The predicted molar refractivity (Wildman–Crippen MR) is 85.0 cm³/mol. The Bertz CT molecular complexity index is 402. The Labute approximate surface area is 127 Å². The second kappa shape index (κ2) is 8.28. The summed E-state index contributed by atoms with van der Waals surface area (Å²) in [5.74, 6) is 0.705. The molecule has 1 aromatic rings. The zero-order chi connectivity index (χ0) is 13.7. The van der Waals surface area contributed by atoms with Crippen LogP contribution in [-0.4, -0.2) is 19.0 Å². The minimum absolute atomic E-state index is 0. The Hall–Kier alpha value is -1.06. The molecule has 112 valence electrons. The van der Waals surface area contributed by atoms with E-state index in [9.17, 15) is 4.79 Å². The molecule has 4 heteroatoms. The molecule has 1 aliphatic heterocycles. The zero-order valence-corrected chi connectivity index (χ0v) is 13.1. The van der Waals surface area contributed by atoms with Crippen LogP contribution in [-0.2, 0) is 4.79 Å². The van der Waals surface area contributed by atoms with Crippen molar-refractivity contribution in [1.82, 2.24) is 10.6 Å². The van der Waals surface area contributed by atoms with E-state index < -0.39 is 0 Å². The maximum Gasteiger partial charge on any atom is 0.224 e. The number of nitrogens with one attached hydrogen (secondary N) is 2. The van der Waals surface area contributed by atoms with Gasteiger partial charge in [0.05, 0.1) is 12.0 Å². The molecule has 1 aliphatic rings. The van der Waals surface area contributed by atoms with Gasteiger partial charge in [0.25, 0.3) is 0 Å². The molecule has 0 bridgehead atoms. The van der Waals surface area contributed by atoms with Gasteiger partial charge in [-0.2, -0.15) is 0 Å². The molecule has 2 unspecified atom stereocenters. The molecule has 3 nitrogen and oxygen atoms in total. The molecule has 1 amide bonds. The van der Waals surface area contributed by atoms with E-state index in [0.29, 0.717) is 5.92 Å². The van der Waals surface area contributed by atoms with E-state index in [-0.39, 0.29) is 30.3 Å². The highest BCUT2D eigenvalue weighted by molar-refractivity contribution is 5.85. The summed E-state index contributed by atoms with van der Waals surface area (Å²) in [4.78, 5) is 12.3. The van der Waals surface area contributed by atoms with Gasteiger partial charge in [-0.1, -0.05) is 44.2 Å². The summed E-state index contributed by atoms with van der Waals surface area (Å²) in [6.45, 7) is 6.15. The van der Waals surface area contributed by atoms with Crippen LogP contribution < -0.4 is 10.6 Å². The third-order valence-corrected chi connectivity index (χ3v) is 3.79. The summed E-state index contributed by atoms with van der Waals surface area (Å²) in [6.07, 6.45) is 2.09. The first kappa shape index (κ1) is 17.0. The number of halogens is 1. The fraction of sp³-hybridized carbons (Fsp3) is 0.562. The van der Waals surface area contributed by atoms with Gasteiger partial charge in [-0.3, -0.25) is 4.79 Å².